The molecule has 1 aliphatic heterocycles. The SMILES string of the molecule is CCN1CC(NC(=O)c2cc(OC)c(OC)c(OC)c2)C=N1. The fraction of sp³-hybridized carbons (Fsp3) is 0.467. The van der Waals surface area contributed by atoms with Crippen LogP contribution in [0.2, 0.25) is 0 Å². The van der Waals surface area contributed by atoms with Gasteiger partial charge in [-0.2, -0.15) is 5.10 Å². The van der Waals surface area contributed by atoms with E-state index in [1.54, 1.807) is 18.3 Å². The van der Waals surface area contributed by atoms with Crippen molar-refractivity contribution in [2.24, 2.45) is 5.10 Å². The van der Waals surface area contributed by atoms with Crippen LogP contribution < -0.4 is 19.5 Å². The summed E-state index contributed by atoms with van der Waals surface area (Å²) in [5.41, 5.74) is 0.442. The second-order valence-corrected chi connectivity index (χ2v) is 4.76. The Morgan fingerprint density at radius 2 is 1.91 bits per heavy atom. The highest BCUT2D eigenvalue weighted by Crippen LogP contribution is 2.38. The molecule has 1 aliphatic rings. The molecular formula is C15H21N3O4. The van der Waals surface area contributed by atoms with Gasteiger partial charge in [-0.3, -0.25) is 9.80 Å². The molecule has 1 N–H and O–H groups in total. The van der Waals surface area contributed by atoms with E-state index in [2.05, 4.69) is 10.4 Å². The molecule has 7 heteroatoms. The predicted molar refractivity (Wildman–Crippen MR) is 83.1 cm³/mol. The first-order valence-electron chi connectivity index (χ1n) is 7.02. The summed E-state index contributed by atoms with van der Waals surface area (Å²) in [6.07, 6.45) is 1.74. The summed E-state index contributed by atoms with van der Waals surface area (Å²) in [7, 11) is 4.55. The average molecular weight is 307 g/mol. The van der Waals surface area contributed by atoms with Gasteiger partial charge in [-0.1, -0.05) is 0 Å². The van der Waals surface area contributed by atoms with E-state index in [0.29, 0.717) is 29.4 Å². The number of benzene rings is 1. The highest BCUT2D eigenvalue weighted by molar-refractivity contribution is 5.97. The summed E-state index contributed by atoms with van der Waals surface area (Å²) in [4.78, 5) is 12.4. The van der Waals surface area contributed by atoms with E-state index in [1.165, 1.54) is 21.3 Å². The van der Waals surface area contributed by atoms with Gasteiger partial charge in [0.1, 0.15) is 0 Å². The molecule has 1 amide bonds. The van der Waals surface area contributed by atoms with E-state index in [1.807, 2.05) is 11.9 Å². The first-order valence-corrected chi connectivity index (χ1v) is 7.02. The molecule has 1 aromatic carbocycles. The van der Waals surface area contributed by atoms with Gasteiger partial charge in [0.2, 0.25) is 5.75 Å². The van der Waals surface area contributed by atoms with Gasteiger partial charge in [0.25, 0.3) is 5.91 Å². The number of nitrogens with one attached hydrogen (secondary N) is 1. The summed E-state index contributed by atoms with van der Waals surface area (Å²) >= 11 is 0. The highest BCUT2D eigenvalue weighted by Gasteiger charge is 2.21. The lowest BCUT2D eigenvalue weighted by atomic mass is 10.1. The van der Waals surface area contributed by atoms with E-state index >= 15 is 0 Å². The number of amides is 1. The summed E-state index contributed by atoms with van der Waals surface area (Å²) in [5.74, 6) is 1.14. The number of hydrazone groups is 1. The largest absolute Gasteiger partial charge is 0.493 e. The number of ether oxygens (including phenoxy) is 3. The molecule has 1 heterocycles. The molecule has 0 saturated carbocycles. The van der Waals surface area contributed by atoms with Crippen LogP contribution in [0, 0.1) is 0 Å². The van der Waals surface area contributed by atoms with Crippen molar-refractivity contribution in [3.63, 3.8) is 0 Å². The number of hydrogen-bond acceptors (Lipinski definition) is 6. The summed E-state index contributed by atoms with van der Waals surface area (Å²) in [6, 6.07) is 3.15. The van der Waals surface area contributed by atoms with Gasteiger partial charge in [0, 0.05) is 18.3 Å². The molecule has 1 atom stereocenters. The van der Waals surface area contributed by atoms with E-state index in [4.69, 9.17) is 14.2 Å². The first-order chi connectivity index (χ1) is 10.6. The zero-order chi connectivity index (χ0) is 16.1. The van der Waals surface area contributed by atoms with Crippen molar-refractivity contribution in [2.75, 3.05) is 34.4 Å². The van der Waals surface area contributed by atoms with Gasteiger partial charge in [-0.25, -0.2) is 0 Å². The number of carbonyl (C=O) groups is 1. The first kappa shape index (κ1) is 15.9. The molecule has 0 aliphatic carbocycles. The Hall–Kier alpha value is -2.44. The van der Waals surface area contributed by atoms with Crippen molar-refractivity contribution in [2.45, 2.75) is 13.0 Å². The molecule has 0 aromatic heterocycles. The van der Waals surface area contributed by atoms with Gasteiger partial charge in [-0.05, 0) is 19.1 Å². The van der Waals surface area contributed by atoms with Crippen LogP contribution in [0.25, 0.3) is 0 Å². The van der Waals surface area contributed by atoms with Crippen LogP contribution in [-0.4, -0.2) is 57.6 Å². The van der Waals surface area contributed by atoms with Gasteiger partial charge < -0.3 is 19.5 Å². The minimum atomic E-state index is -0.214. The maximum atomic E-state index is 12.4. The minimum absolute atomic E-state index is 0.105. The molecule has 120 valence electrons. The lowest BCUT2D eigenvalue weighted by Gasteiger charge is -2.16. The van der Waals surface area contributed by atoms with E-state index < -0.39 is 0 Å². The predicted octanol–water partition coefficient (Wildman–Crippen LogP) is 1.13. The van der Waals surface area contributed by atoms with E-state index in [-0.39, 0.29) is 11.9 Å². The van der Waals surface area contributed by atoms with Crippen LogP contribution in [0.15, 0.2) is 17.2 Å². The molecule has 0 saturated heterocycles. The Morgan fingerprint density at radius 3 is 2.36 bits per heavy atom. The molecule has 7 nitrogen and oxygen atoms in total. The van der Waals surface area contributed by atoms with Gasteiger partial charge >= 0.3 is 0 Å². The number of methoxy groups -OCH3 is 3. The Labute approximate surface area is 129 Å². The Kier molecular flexibility index (Phi) is 5.08. The smallest absolute Gasteiger partial charge is 0.252 e. The zero-order valence-corrected chi connectivity index (χ0v) is 13.3. The highest BCUT2D eigenvalue weighted by atomic mass is 16.5. The molecule has 1 aromatic rings. The van der Waals surface area contributed by atoms with Crippen LogP contribution in [-0.2, 0) is 0 Å². The topological polar surface area (TPSA) is 72.4 Å². The van der Waals surface area contributed by atoms with Crippen molar-refractivity contribution in [3.8, 4) is 17.2 Å². The number of hydrogen-bond donors (Lipinski definition) is 1. The standard InChI is InChI=1S/C15H21N3O4/c1-5-18-9-11(8-16-18)17-15(19)10-6-12(20-2)14(22-4)13(7-10)21-3/h6-8,11H,5,9H2,1-4H3,(H,17,19). The van der Waals surface area contributed by atoms with Gasteiger partial charge in [0.05, 0.1) is 33.9 Å². The van der Waals surface area contributed by atoms with Crippen molar-refractivity contribution in [1.29, 1.82) is 0 Å². The van der Waals surface area contributed by atoms with E-state index in [9.17, 15) is 4.79 Å². The fourth-order valence-electron chi connectivity index (χ4n) is 2.25. The lowest BCUT2D eigenvalue weighted by molar-refractivity contribution is 0.0943. The molecule has 0 bridgehead atoms. The van der Waals surface area contributed by atoms with Crippen LogP contribution >= 0.6 is 0 Å². The van der Waals surface area contributed by atoms with Crippen molar-refractivity contribution < 1.29 is 19.0 Å². The normalized spacial score (nSPS) is 16.5. The molecule has 0 spiro atoms. The van der Waals surface area contributed by atoms with Crippen molar-refractivity contribution in [1.82, 2.24) is 10.3 Å². The number of carbonyl (C=O) groups excluding carboxylic acids is 1. The second-order valence-electron chi connectivity index (χ2n) is 4.76. The number of nitrogens with zero attached hydrogens (tertiary/aromatic N) is 2. The fourth-order valence-corrected chi connectivity index (χ4v) is 2.25. The number of rotatable bonds is 6. The maximum Gasteiger partial charge on any atom is 0.252 e. The Morgan fingerprint density at radius 1 is 1.27 bits per heavy atom. The summed E-state index contributed by atoms with van der Waals surface area (Å²) in [5, 5.41) is 9.01. The Bertz CT molecular complexity index is 549. The van der Waals surface area contributed by atoms with Crippen LogP contribution in [0.3, 0.4) is 0 Å². The second kappa shape index (κ2) is 7.02. The summed E-state index contributed by atoms with van der Waals surface area (Å²) < 4.78 is 15.8. The number of likely N-dealkylation sites (N-methyl/N-ethyl adjacent to an activating group) is 1. The van der Waals surface area contributed by atoms with Crippen LogP contribution in [0.5, 0.6) is 17.2 Å². The molecule has 22 heavy (non-hydrogen) atoms. The van der Waals surface area contributed by atoms with Crippen molar-refractivity contribution >= 4 is 12.1 Å². The summed E-state index contributed by atoms with van der Waals surface area (Å²) in [6.45, 7) is 3.50. The third kappa shape index (κ3) is 3.24. The van der Waals surface area contributed by atoms with E-state index in [0.717, 1.165) is 6.54 Å². The van der Waals surface area contributed by atoms with Crippen LogP contribution in [0.4, 0.5) is 0 Å². The zero-order valence-electron chi connectivity index (χ0n) is 13.3. The molecule has 2 rings (SSSR count). The quantitative estimate of drug-likeness (QED) is 0.853. The lowest BCUT2D eigenvalue weighted by Crippen LogP contribution is -2.39. The molecule has 0 fully saturated rings. The maximum absolute atomic E-state index is 12.4. The van der Waals surface area contributed by atoms with Gasteiger partial charge in [-0.15, -0.1) is 0 Å². The van der Waals surface area contributed by atoms with Gasteiger partial charge in [0.15, 0.2) is 11.5 Å². The monoisotopic (exact) mass is 307 g/mol. The molecular weight excluding hydrogens is 286 g/mol. The third-order valence-corrected chi connectivity index (χ3v) is 3.43. The molecule has 1 unspecified atom stereocenters. The third-order valence-electron chi connectivity index (χ3n) is 3.43. The average Bonchev–Trinajstić information content (AvgIpc) is 3.00. The molecule has 0 radical (unpaired) electrons. The Balaban J connectivity index is 2.18. The minimum Gasteiger partial charge on any atom is -0.493 e. The van der Waals surface area contributed by atoms with Crippen LogP contribution in [0.1, 0.15) is 17.3 Å². The van der Waals surface area contributed by atoms with Crippen molar-refractivity contribution in [3.05, 3.63) is 17.7 Å².